The molecule has 0 aromatic carbocycles. The van der Waals surface area contributed by atoms with Crippen LogP contribution in [0.1, 0.15) is 26.7 Å². The maximum absolute atomic E-state index is 9.16. The number of hydrogen-bond donors (Lipinski definition) is 1. The molecule has 1 saturated heterocycles. The summed E-state index contributed by atoms with van der Waals surface area (Å²) in [6, 6.07) is 0. The van der Waals surface area contributed by atoms with Gasteiger partial charge in [0, 0.05) is 19.6 Å². The number of morpholine rings is 1. The van der Waals surface area contributed by atoms with E-state index >= 15 is 0 Å². The van der Waals surface area contributed by atoms with Crippen LogP contribution in [-0.4, -0.2) is 49.0 Å². The van der Waals surface area contributed by atoms with E-state index in [0.29, 0.717) is 5.92 Å². The first-order valence-corrected chi connectivity index (χ1v) is 6.82. The highest BCUT2D eigenvalue weighted by Crippen LogP contribution is 2.31. The van der Waals surface area contributed by atoms with Crippen LogP contribution in [0.25, 0.3) is 0 Å². The fourth-order valence-corrected chi connectivity index (χ4v) is 3.03. The van der Waals surface area contributed by atoms with E-state index in [1.54, 1.807) is 5.57 Å². The lowest BCUT2D eigenvalue weighted by Crippen LogP contribution is -2.46. The molecule has 0 saturated carbocycles. The fourth-order valence-electron chi connectivity index (χ4n) is 3.03. The fraction of sp³-hybridized carbons (Fsp3) is 0.857. The smallest absolute Gasteiger partial charge is 0.0932 e. The van der Waals surface area contributed by atoms with Gasteiger partial charge in [0.05, 0.1) is 19.3 Å². The van der Waals surface area contributed by atoms with Gasteiger partial charge in [-0.15, -0.1) is 0 Å². The molecule has 1 heterocycles. The SMILES string of the molecule is CC1=CCCC(C)C1CN1CCOC(CO)C1. The van der Waals surface area contributed by atoms with Gasteiger partial charge in [0.2, 0.25) is 0 Å². The molecule has 3 nitrogen and oxygen atoms in total. The van der Waals surface area contributed by atoms with Crippen LogP contribution in [0, 0.1) is 11.8 Å². The van der Waals surface area contributed by atoms with Gasteiger partial charge in [-0.2, -0.15) is 0 Å². The summed E-state index contributed by atoms with van der Waals surface area (Å²) >= 11 is 0. The molecule has 3 unspecified atom stereocenters. The van der Waals surface area contributed by atoms with Crippen molar-refractivity contribution in [3.05, 3.63) is 11.6 Å². The molecule has 98 valence electrons. The Morgan fingerprint density at radius 2 is 2.35 bits per heavy atom. The largest absolute Gasteiger partial charge is 0.394 e. The number of hydrogen-bond acceptors (Lipinski definition) is 3. The van der Waals surface area contributed by atoms with Crippen molar-refractivity contribution in [3.8, 4) is 0 Å². The molecular formula is C14H25NO2. The van der Waals surface area contributed by atoms with Gasteiger partial charge in [-0.3, -0.25) is 4.90 Å². The average Bonchev–Trinajstić information content (AvgIpc) is 2.34. The summed E-state index contributed by atoms with van der Waals surface area (Å²) in [7, 11) is 0. The molecule has 17 heavy (non-hydrogen) atoms. The third-order valence-corrected chi connectivity index (χ3v) is 4.24. The zero-order valence-electron chi connectivity index (χ0n) is 11.1. The van der Waals surface area contributed by atoms with Crippen molar-refractivity contribution in [2.24, 2.45) is 11.8 Å². The van der Waals surface area contributed by atoms with Crippen LogP contribution in [0.15, 0.2) is 11.6 Å². The molecule has 1 N–H and O–H groups in total. The van der Waals surface area contributed by atoms with Gasteiger partial charge in [0.25, 0.3) is 0 Å². The summed E-state index contributed by atoms with van der Waals surface area (Å²) in [4.78, 5) is 2.45. The number of aliphatic hydroxyl groups is 1. The lowest BCUT2D eigenvalue weighted by Gasteiger charge is -2.37. The van der Waals surface area contributed by atoms with Gasteiger partial charge >= 0.3 is 0 Å². The predicted octanol–water partition coefficient (Wildman–Crippen LogP) is 1.67. The minimum atomic E-state index is 0.0203. The van der Waals surface area contributed by atoms with Crippen molar-refractivity contribution in [2.45, 2.75) is 32.8 Å². The van der Waals surface area contributed by atoms with Crippen LogP contribution < -0.4 is 0 Å². The zero-order chi connectivity index (χ0) is 12.3. The Labute approximate surface area is 104 Å². The summed E-state index contributed by atoms with van der Waals surface area (Å²) in [6.45, 7) is 8.55. The maximum Gasteiger partial charge on any atom is 0.0932 e. The van der Waals surface area contributed by atoms with Crippen molar-refractivity contribution >= 4 is 0 Å². The van der Waals surface area contributed by atoms with Crippen LogP contribution in [0.2, 0.25) is 0 Å². The van der Waals surface area contributed by atoms with Crippen molar-refractivity contribution in [3.63, 3.8) is 0 Å². The minimum absolute atomic E-state index is 0.0203. The van der Waals surface area contributed by atoms with Crippen molar-refractivity contribution < 1.29 is 9.84 Å². The van der Waals surface area contributed by atoms with Gasteiger partial charge in [-0.05, 0) is 31.6 Å². The maximum atomic E-state index is 9.16. The van der Waals surface area contributed by atoms with E-state index in [2.05, 4.69) is 24.8 Å². The molecule has 1 fully saturated rings. The highest BCUT2D eigenvalue weighted by Gasteiger charge is 2.27. The highest BCUT2D eigenvalue weighted by molar-refractivity contribution is 5.09. The van der Waals surface area contributed by atoms with Crippen molar-refractivity contribution in [2.75, 3.05) is 32.8 Å². The third-order valence-electron chi connectivity index (χ3n) is 4.24. The molecule has 3 heteroatoms. The van der Waals surface area contributed by atoms with Crippen LogP contribution in [0.5, 0.6) is 0 Å². The molecular weight excluding hydrogens is 214 g/mol. The zero-order valence-corrected chi connectivity index (χ0v) is 11.1. The monoisotopic (exact) mass is 239 g/mol. The van der Waals surface area contributed by atoms with Crippen LogP contribution >= 0.6 is 0 Å². The van der Waals surface area contributed by atoms with E-state index in [9.17, 15) is 0 Å². The second kappa shape index (κ2) is 5.98. The minimum Gasteiger partial charge on any atom is -0.394 e. The summed E-state index contributed by atoms with van der Waals surface area (Å²) in [5.41, 5.74) is 1.55. The molecule has 0 radical (unpaired) electrons. The van der Waals surface area contributed by atoms with Crippen LogP contribution in [0.3, 0.4) is 0 Å². The number of ether oxygens (including phenoxy) is 1. The Morgan fingerprint density at radius 3 is 3.06 bits per heavy atom. The predicted molar refractivity (Wildman–Crippen MR) is 68.9 cm³/mol. The number of nitrogens with zero attached hydrogens (tertiary/aromatic N) is 1. The quantitative estimate of drug-likeness (QED) is 0.761. The summed E-state index contributed by atoms with van der Waals surface area (Å²) in [5.74, 6) is 1.48. The van der Waals surface area contributed by atoms with Gasteiger partial charge in [-0.25, -0.2) is 0 Å². The lowest BCUT2D eigenvalue weighted by atomic mass is 9.79. The van der Waals surface area contributed by atoms with Gasteiger partial charge in [0.1, 0.15) is 0 Å². The molecule has 0 bridgehead atoms. The molecule has 2 aliphatic rings. The molecule has 3 atom stereocenters. The Balaban J connectivity index is 1.91. The van der Waals surface area contributed by atoms with Crippen LogP contribution in [0.4, 0.5) is 0 Å². The van der Waals surface area contributed by atoms with Crippen molar-refractivity contribution in [1.29, 1.82) is 0 Å². The summed E-state index contributed by atoms with van der Waals surface area (Å²) in [5, 5.41) is 9.16. The molecule has 0 spiro atoms. The molecule has 1 aliphatic heterocycles. The molecule has 0 amide bonds. The Hall–Kier alpha value is -0.380. The van der Waals surface area contributed by atoms with Gasteiger partial charge in [0.15, 0.2) is 0 Å². The van der Waals surface area contributed by atoms with Gasteiger partial charge in [-0.1, -0.05) is 18.6 Å². The molecule has 0 aromatic heterocycles. The van der Waals surface area contributed by atoms with E-state index in [-0.39, 0.29) is 12.7 Å². The summed E-state index contributed by atoms with van der Waals surface area (Å²) < 4.78 is 5.49. The number of allylic oxidation sites excluding steroid dienone is 1. The third kappa shape index (κ3) is 3.30. The Morgan fingerprint density at radius 1 is 1.53 bits per heavy atom. The Bertz CT molecular complexity index is 277. The number of rotatable bonds is 3. The number of aliphatic hydroxyl groups excluding tert-OH is 1. The van der Waals surface area contributed by atoms with Crippen molar-refractivity contribution in [1.82, 2.24) is 4.90 Å². The van der Waals surface area contributed by atoms with E-state index in [0.717, 1.165) is 32.2 Å². The second-order valence-corrected chi connectivity index (χ2v) is 5.54. The first-order chi connectivity index (χ1) is 8.20. The first kappa shape index (κ1) is 13.1. The molecule has 2 rings (SSSR count). The average molecular weight is 239 g/mol. The molecule has 1 aliphatic carbocycles. The Kier molecular flexibility index (Phi) is 4.60. The lowest BCUT2D eigenvalue weighted by molar-refractivity contribution is -0.0567. The first-order valence-electron chi connectivity index (χ1n) is 6.82. The van der Waals surface area contributed by atoms with E-state index in [1.807, 2.05) is 0 Å². The van der Waals surface area contributed by atoms with Gasteiger partial charge < -0.3 is 9.84 Å². The van der Waals surface area contributed by atoms with E-state index in [4.69, 9.17) is 9.84 Å². The standard InChI is InChI=1S/C14H25NO2/c1-11-4-3-5-12(2)14(11)9-15-6-7-17-13(8-15)10-16/h4,12-14,16H,3,5-10H2,1-2H3. The second-order valence-electron chi connectivity index (χ2n) is 5.54. The topological polar surface area (TPSA) is 32.7 Å². The van der Waals surface area contributed by atoms with E-state index < -0.39 is 0 Å². The highest BCUT2D eigenvalue weighted by atomic mass is 16.5. The molecule has 0 aromatic rings. The summed E-state index contributed by atoms with van der Waals surface area (Å²) in [6.07, 6.45) is 4.97. The van der Waals surface area contributed by atoms with E-state index in [1.165, 1.54) is 12.8 Å². The normalized spacial score (nSPS) is 35.7. The van der Waals surface area contributed by atoms with Crippen LogP contribution in [-0.2, 0) is 4.74 Å².